The van der Waals surface area contributed by atoms with Crippen molar-refractivity contribution in [1.29, 1.82) is 0 Å². The molecule has 2 aromatic rings. The number of amides is 2. The number of halogens is 2. The first-order valence-electron chi connectivity index (χ1n) is 9.44. The molecule has 0 spiro atoms. The van der Waals surface area contributed by atoms with Crippen molar-refractivity contribution < 1.29 is 13.6 Å². The van der Waals surface area contributed by atoms with Gasteiger partial charge in [-0.15, -0.1) is 10.2 Å². The molecule has 9 heteroatoms. The van der Waals surface area contributed by atoms with E-state index in [0.29, 0.717) is 26.2 Å². The van der Waals surface area contributed by atoms with Crippen LogP contribution >= 0.6 is 0 Å². The minimum Gasteiger partial charge on any atom is -0.355 e. The van der Waals surface area contributed by atoms with Gasteiger partial charge in [-0.3, -0.25) is 0 Å². The molecule has 0 saturated carbocycles. The van der Waals surface area contributed by atoms with Gasteiger partial charge in [-0.05, 0) is 37.1 Å². The number of nitrogens with one attached hydrogen (secondary N) is 1. The lowest BCUT2D eigenvalue weighted by molar-refractivity contribution is 0.208. The summed E-state index contributed by atoms with van der Waals surface area (Å²) in [6.07, 6.45) is 2.38. The van der Waals surface area contributed by atoms with Crippen LogP contribution in [0.25, 0.3) is 0 Å². The molecule has 2 saturated heterocycles. The molecule has 2 fully saturated rings. The number of carbonyl (C=O) groups is 1. The summed E-state index contributed by atoms with van der Waals surface area (Å²) < 4.78 is 26.5. The molecule has 7 nitrogen and oxygen atoms in total. The Bertz CT molecular complexity index is 813. The topological polar surface area (TPSA) is 64.6 Å². The molecule has 0 aliphatic carbocycles. The quantitative estimate of drug-likeness (QED) is 0.876. The third-order valence-electron chi connectivity index (χ3n) is 5.07. The van der Waals surface area contributed by atoms with Crippen LogP contribution in [0.4, 0.5) is 30.9 Å². The maximum Gasteiger partial charge on any atom is 0.321 e. The summed E-state index contributed by atoms with van der Waals surface area (Å²) >= 11 is 0. The Morgan fingerprint density at radius 2 is 1.36 bits per heavy atom. The van der Waals surface area contributed by atoms with Gasteiger partial charge in [0.2, 0.25) is 0 Å². The van der Waals surface area contributed by atoms with E-state index in [2.05, 4.69) is 25.3 Å². The molecule has 1 aromatic carbocycles. The fourth-order valence-electron chi connectivity index (χ4n) is 3.57. The summed E-state index contributed by atoms with van der Waals surface area (Å²) in [7, 11) is 0. The van der Waals surface area contributed by atoms with E-state index in [4.69, 9.17) is 0 Å². The second-order valence-corrected chi connectivity index (χ2v) is 7.01. The Kier molecular flexibility index (Phi) is 5.23. The van der Waals surface area contributed by atoms with Gasteiger partial charge >= 0.3 is 6.03 Å². The van der Waals surface area contributed by atoms with E-state index in [-0.39, 0.29) is 11.7 Å². The molecule has 3 heterocycles. The first-order valence-corrected chi connectivity index (χ1v) is 9.44. The van der Waals surface area contributed by atoms with E-state index >= 15 is 0 Å². The molecule has 0 unspecified atom stereocenters. The lowest BCUT2D eigenvalue weighted by Crippen LogP contribution is -2.50. The number of nitrogens with zero attached hydrogens (tertiary/aromatic N) is 5. The molecule has 148 valence electrons. The Hall–Kier alpha value is -2.97. The van der Waals surface area contributed by atoms with Gasteiger partial charge in [-0.1, -0.05) is 0 Å². The van der Waals surface area contributed by atoms with Gasteiger partial charge in [0.1, 0.15) is 11.6 Å². The number of aromatic nitrogens is 2. The Balaban J connectivity index is 1.32. The van der Waals surface area contributed by atoms with Gasteiger partial charge in [-0.2, -0.15) is 0 Å². The number of carbonyl (C=O) groups excluding carboxylic acids is 1. The van der Waals surface area contributed by atoms with Gasteiger partial charge in [0.05, 0.1) is 0 Å². The molecule has 1 aromatic heterocycles. The average molecular weight is 388 g/mol. The zero-order valence-corrected chi connectivity index (χ0v) is 15.4. The Morgan fingerprint density at radius 1 is 0.821 bits per heavy atom. The lowest BCUT2D eigenvalue weighted by Gasteiger charge is -2.35. The van der Waals surface area contributed by atoms with Crippen molar-refractivity contribution >= 4 is 23.4 Å². The van der Waals surface area contributed by atoms with Crippen LogP contribution in [0.3, 0.4) is 0 Å². The predicted octanol–water partition coefficient (Wildman–Crippen LogP) is 2.71. The van der Waals surface area contributed by atoms with E-state index < -0.39 is 11.6 Å². The summed E-state index contributed by atoms with van der Waals surface area (Å²) in [4.78, 5) is 18.3. The van der Waals surface area contributed by atoms with Crippen LogP contribution in [0.2, 0.25) is 0 Å². The molecule has 4 rings (SSSR count). The van der Waals surface area contributed by atoms with Crippen LogP contribution < -0.4 is 15.1 Å². The zero-order chi connectivity index (χ0) is 19.5. The first kappa shape index (κ1) is 18.4. The molecule has 2 aliphatic rings. The number of benzene rings is 1. The molecular formula is C19H22F2N6O. The minimum absolute atomic E-state index is 0.105. The van der Waals surface area contributed by atoms with E-state index in [1.165, 1.54) is 12.8 Å². The summed E-state index contributed by atoms with van der Waals surface area (Å²) in [6.45, 7) is 4.25. The van der Waals surface area contributed by atoms with Gasteiger partial charge in [-0.25, -0.2) is 13.6 Å². The SMILES string of the molecule is O=C(Nc1cc(F)cc(F)c1)N1CCN(c2ccc(N3CCCC3)nn2)CC1. The van der Waals surface area contributed by atoms with Crippen molar-refractivity contribution in [3.05, 3.63) is 42.0 Å². The van der Waals surface area contributed by atoms with Crippen LogP contribution in [0.15, 0.2) is 30.3 Å². The van der Waals surface area contributed by atoms with E-state index in [1.54, 1.807) is 4.90 Å². The molecular weight excluding hydrogens is 366 g/mol. The molecule has 2 aliphatic heterocycles. The van der Waals surface area contributed by atoms with Gasteiger partial charge < -0.3 is 20.0 Å². The third kappa shape index (κ3) is 4.13. The lowest BCUT2D eigenvalue weighted by atomic mass is 10.3. The normalized spacial score (nSPS) is 17.1. The number of hydrogen-bond donors (Lipinski definition) is 1. The van der Waals surface area contributed by atoms with Crippen LogP contribution in [0, 0.1) is 11.6 Å². The second-order valence-electron chi connectivity index (χ2n) is 7.01. The highest BCUT2D eigenvalue weighted by atomic mass is 19.1. The number of hydrogen-bond acceptors (Lipinski definition) is 5. The summed E-state index contributed by atoms with van der Waals surface area (Å²) in [5, 5.41) is 11.2. The highest BCUT2D eigenvalue weighted by molar-refractivity contribution is 5.89. The minimum atomic E-state index is -0.726. The summed E-state index contributed by atoms with van der Waals surface area (Å²) in [5.41, 5.74) is 0.105. The number of anilines is 3. The predicted molar refractivity (Wildman–Crippen MR) is 103 cm³/mol. The van der Waals surface area contributed by atoms with Crippen LogP contribution in [-0.4, -0.2) is 60.4 Å². The number of rotatable bonds is 3. The van der Waals surface area contributed by atoms with Crippen molar-refractivity contribution in [3.8, 4) is 0 Å². The van der Waals surface area contributed by atoms with Crippen LogP contribution in [0.1, 0.15) is 12.8 Å². The maximum absolute atomic E-state index is 13.3. The Morgan fingerprint density at radius 3 is 1.89 bits per heavy atom. The monoisotopic (exact) mass is 388 g/mol. The molecule has 0 atom stereocenters. The zero-order valence-electron chi connectivity index (χ0n) is 15.4. The molecule has 28 heavy (non-hydrogen) atoms. The van der Waals surface area contributed by atoms with Crippen molar-refractivity contribution in [2.75, 3.05) is 54.4 Å². The summed E-state index contributed by atoms with van der Waals surface area (Å²) in [6, 6.07) is 6.53. The van der Waals surface area contributed by atoms with E-state index in [9.17, 15) is 13.6 Å². The molecule has 1 N–H and O–H groups in total. The molecule has 0 radical (unpaired) electrons. The van der Waals surface area contributed by atoms with Crippen molar-refractivity contribution in [2.24, 2.45) is 0 Å². The molecule has 0 bridgehead atoms. The van der Waals surface area contributed by atoms with Gasteiger partial charge in [0, 0.05) is 51.0 Å². The largest absolute Gasteiger partial charge is 0.355 e. The van der Waals surface area contributed by atoms with Crippen LogP contribution in [-0.2, 0) is 0 Å². The molecule has 2 amide bonds. The Labute approximate surface area is 161 Å². The van der Waals surface area contributed by atoms with Gasteiger partial charge in [0.15, 0.2) is 11.6 Å². The fraction of sp³-hybridized carbons (Fsp3) is 0.421. The van der Waals surface area contributed by atoms with E-state index in [1.807, 2.05) is 12.1 Å². The first-order chi connectivity index (χ1) is 13.6. The van der Waals surface area contributed by atoms with E-state index in [0.717, 1.165) is 42.9 Å². The van der Waals surface area contributed by atoms with Crippen molar-refractivity contribution in [1.82, 2.24) is 15.1 Å². The smallest absolute Gasteiger partial charge is 0.321 e. The highest BCUT2D eigenvalue weighted by Crippen LogP contribution is 2.20. The van der Waals surface area contributed by atoms with Crippen molar-refractivity contribution in [2.45, 2.75) is 12.8 Å². The highest BCUT2D eigenvalue weighted by Gasteiger charge is 2.23. The third-order valence-corrected chi connectivity index (χ3v) is 5.07. The second kappa shape index (κ2) is 7.95. The summed E-state index contributed by atoms with van der Waals surface area (Å²) in [5.74, 6) is 0.240. The van der Waals surface area contributed by atoms with Gasteiger partial charge in [0.25, 0.3) is 0 Å². The number of urea groups is 1. The fourth-order valence-corrected chi connectivity index (χ4v) is 3.57. The van der Waals surface area contributed by atoms with Crippen molar-refractivity contribution in [3.63, 3.8) is 0 Å². The maximum atomic E-state index is 13.3. The number of piperazine rings is 1. The van der Waals surface area contributed by atoms with Crippen LogP contribution in [0.5, 0.6) is 0 Å². The average Bonchev–Trinajstić information content (AvgIpc) is 3.22. The standard InChI is InChI=1S/C19H22F2N6O/c20-14-11-15(21)13-16(12-14)22-19(28)27-9-7-26(8-10-27)18-4-3-17(23-24-18)25-5-1-2-6-25/h3-4,11-13H,1-2,5-10H2,(H,22,28).